The van der Waals surface area contributed by atoms with Crippen molar-refractivity contribution in [1.82, 2.24) is 30.5 Å². The third-order valence-corrected chi connectivity index (χ3v) is 2.13. The van der Waals surface area contributed by atoms with Gasteiger partial charge in [0.15, 0.2) is 5.69 Å². The van der Waals surface area contributed by atoms with E-state index in [1.165, 1.54) is 17.1 Å². The molecule has 94 valence electrons. The van der Waals surface area contributed by atoms with Gasteiger partial charge in [-0.2, -0.15) is 5.10 Å². The second kappa shape index (κ2) is 5.08. The van der Waals surface area contributed by atoms with Crippen molar-refractivity contribution < 1.29 is 14.7 Å². The maximum absolute atomic E-state index is 11.5. The van der Waals surface area contributed by atoms with Gasteiger partial charge in [0.2, 0.25) is 0 Å². The van der Waals surface area contributed by atoms with E-state index in [0.29, 0.717) is 18.8 Å². The fourth-order valence-electron chi connectivity index (χ4n) is 1.27. The Morgan fingerprint density at radius 1 is 1.50 bits per heavy atom. The molecule has 2 rings (SSSR count). The summed E-state index contributed by atoms with van der Waals surface area (Å²) in [5.74, 6) is -1.42. The Kier molecular flexibility index (Phi) is 3.32. The Balaban J connectivity index is 1.81. The number of nitrogens with zero attached hydrogens (tertiary/aromatic N) is 4. The predicted octanol–water partition coefficient (Wildman–Crippen LogP) is -0.871. The average Bonchev–Trinajstić information content (AvgIpc) is 3.00. The molecule has 0 aliphatic heterocycles. The zero-order valence-electron chi connectivity index (χ0n) is 9.20. The molecule has 2 aromatic heterocycles. The van der Waals surface area contributed by atoms with Gasteiger partial charge in [-0.1, -0.05) is 5.21 Å². The Hall–Kier alpha value is -2.71. The van der Waals surface area contributed by atoms with Crippen molar-refractivity contribution in [3.05, 3.63) is 29.8 Å². The number of amides is 1. The number of carboxylic acid groups (broad SMARTS) is 1. The quantitative estimate of drug-likeness (QED) is 0.633. The van der Waals surface area contributed by atoms with Crippen LogP contribution in [0.25, 0.3) is 0 Å². The maximum Gasteiger partial charge on any atom is 0.358 e. The zero-order chi connectivity index (χ0) is 13.0. The monoisotopic (exact) mass is 250 g/mol. The van der Waals surface area contributed by atoms with Crippen LogP contribution in [0.4, 0.5) is 0 Å². The van der Waals surface area contributed by atoms with E-state index in [9.17, 15) is 9.59 Å². The highest BCUT2D eigenvalue weighted by Crippen LogP contribution is 1.93. The lowest BCUT2D eigenvalue weighted by Crippen LogP contribution is -2.27. The van der Waals surface area contributed by atoms with E-state index in [4.69, 9.17) is 5.11 Å². The third kappa shape index (κ3) is 2.70. The summed E-state index contributed by atoms with van der Waals surface area (Å²) in [6, 6.07) is 1.55. The van der Waals surface area contributed by atoms with Gasteiger partial charge in [-0.3, -0.25) is 9.89 Å². The normalized spacial score (nSPS) is 10.2. The molecule has 0 aromatic carbocycles. The van der Waals surface area contributed by atoms with Crippen molar-refractivity contribution in [3.8, 4) is 0 Å². The molecule has 0 atom stereocenters. The van der Waals surface area contributed by atoms with Crippen molar-refractivity contribution in [1.29, 1.82) is 0 Å². The molecule has 0 radical (unpaired) electrons. The van der Waals surface area contributed by atoms with E-state index >= 15 is 0 Å². The second-order valence-electron chi connectivity index (χ2n) is 3.40. The van der Waals surface area contributed by atoms with Crippen molar-refractivity contribution in [2.75, 3.05) is 6.54 Å². The predicted molar refractivity (Wildman–Crippen MR) is 57.9 cm³/mol. The van der Waals surface area contributed by atoms with Crippen LogP contribution in [0.15, 0.2) is 18.5 Å². The molecular weight excluding hydrogens is 240 g/mol. The highest BCUT2D eigenvalue weighted by Gasteiger charge is 2.09. The molecule has 0 saturated carbocycles. The summed E-state index contributed by atoms with van der Waals surface area (Å²) >= 11 is 0. The zero-order valence-corrected chi connectivity index (χ0v) is 9.20. The number of aromatic nitrogens is 5. The standard InChI is InChI=1S/C9H10N6O3/c16-8(6-1-2-11-12-6)10-3-4-15-5-7(9(17)18)13-14-15/h1-2,5H,3-4H2,(H,10,16)(H,11,12)(H,17,18). The van der Waals surface area contributed by atoms with E-state index in [1.54, 1.807) is 6.07 Å². The van der Waals surface area contributed by atoms with E-state index < -0.39 is 5.97 Å². The molecule has 0 spiro atoms. The van der Waals surface area contributed by atoms with Crippen LogP contribution >= 0.6 is 0 Å². The van der Waals surface area contributed by atoms with Gasteiger partial charge in [0, 0.05) is 12.7 Å². The lowest BCUT2D eigenvalue weighted by Gasteiger charge is -2.02. The van der Waals surface area contributed by atoms with Crippen LogP contribution in [0.3, 0.4) is 0 Å². The van der Waals surface area contributed by atoms with Gasteiger partial charge in [0.1, 0.15) is 5.69 Å². The van der Waals surface area contributed by atoms with E-state index in [0.717, 1.165) is 0 Å². The minimum Gasteiger partial charge on any atom is -0.476 e. The largest absolute Gasteiger partial charge is 0.476 e. The van der Waals surface area contributed by atoms with Gasteiger partial charge in [0.25, 0.3) is 5.91 Å². The molecule has 2 aromatic rings. The second-order valence-corrected chi connectivity index (χ2v) is 3.40. The highest BCUT2D eigenvalue weighted by atomic mass is 16.4. The summed E-state index contributed by atoms with van der Waals surface area (Å²) in [6.45, 7) is 0.639. The van der Waals surface area contributed by atoms with E-state index in [-0.39, 0.29) is 11.6 Å². The molecule has 2 heterocycles. The number of carbonyl (C=O) groups is 2. The smallest absolute Gasteiger partial charge is 0.358 e. The van der Waals surface area contributed by atoms with Crippen molar-refractivity contribution in [3.63, 3.8) is 0 Å². The number of carbonyl (C=O) groups excluding carboxylic acids is 1. The fraction of sp³-hybridized carbons (Fsp3) is 0.222. The number of nitrogens with one attached hydrogen (secondary N) is 2. The lowest BCUT2D eigenvalue weighted by molar-refractivity contribution is 0.0690. The molecule has 1 amide bonds. The van der Waals surface area contributed by atoms with Gasteiger partial charge in [-0.05, 0) is 6.07 Å². The highest BCUT2D eigenvalue weighted by molar-refractivity contribution is 5.92. The van der Waals surface area contributed by atoms with Crippen LogP contribution in [-0.2, 0) is 6.54 Å². The number of aromatic carboxylic acids is 1. The van der Waals surface area contributed by atoms with Crippen LogP contribution < -0.4 is 5.32 Å². The molecule has 0 bridgehead atoms. The molecule has 3 N–H and O–H groups in total. The summed E-state index contributed by atoms with van der Waals surface area (Å²) in [4.78, 5) is 22.0. The summed E-state index contributed by atoms with van der Waals surface area (Å²) < 4.78 is 1.34. The van der Waals surface area contributed by atoms with Gasteiger partial charge in [-0.15, -0.1) is 5.10 Å². The molecule has 0 unspecified atom stereocenters. The number of rotatable bonds is 5. The fourth-order valence-corrected chi connectivity index (χ4v) is 1.27. The van der Waals surface area contributed by atoms with Crippen molar-refractivity contribution in [2.45, 2.75) is 6.54 Å². The first kappa shape index (κ1) is 11.8. The first-order valence-electron chi connectivity index (χ1n) is 5.08. The minimum atomic E-state index is -1.14. The van der Waals surface area contributed by atoms with Gasteiger partial charge in [-0.25, -0.2) is 9.48 Å². The maximum atomic E-state index is 11.5. The summed E-state index contributed by atoms with van der Waals surface area (Å²) in [7, 11) is 0. The van der Waals surface area contributed by atoms with Crippen molar-refractivity contribution >= 4 is 11.9 Å². The lowest BCUT2D eigenvalue weighted by atomic mass is 10.4. The number of hydrogen-bond acceptors (Lipinski definition) is 5. The average molecular weight is 250 g/mol. The van der Waals surface area contributed by atoms with Crippen molar-refractivity contribution in [2.24, 2.45) is 0 Å². The number of hydrogen-bond donors (Lipinski definition) is 3. The van der Waals surface area contributed by atoms with Crippen LogP contribution in [0.5, 0.6) is 0 Å². The third-order valence-electron chi connectivity index (χ3n) is 2.13. The Labute approximate surface area is 101 Å². The van der Waals surface area contributed by atoms with Gasteiger partial charge >= 0.3 is 5.97 Å². The first-order chi connectivity index (χ1) is 8.66. The molecule has 0 aliphatic rings. The Morgan fingerprint density at radius 2 is 2.33 bits per heavy atom. The van der Waals surface area contributed by atoms with Crippen LogP contribution in [-0.4, -0.2) is 48.7 Å². The molecule has 9 heteroatoms. The number of H-pyrrole nitrogens is 1. The Morgan fingerprint density at radius 3 is 2.94 bits per heavy atom. The van der Waals surface area contributed by atoms with Crippen LogP contribution in [0.2, 0.25) is 0 Å². The SMILES string of the molecule is O=C(O)c1cn(CCNC(=O)c2ccn[nH]2)nn1. The molecule has 18 heavy (non-hydrogen) atoms. The van der Waals surface area contributed by atoms with Crippen LogP contribution in [0, 0.1) is 0 Å². The topological polar surface area (TPSA) is 126 Å². The van der Waals surface area contributed by atoms with E-state index in [2.05, 4.69) is 25.8 Å². The molecule has 0 aliphatic carbocycles. The minimum absolute atomic E-state index is 0.130. The van der Waals surface area contributed by atoms with Gasteiger partial charge < -0.3 is 10.4 Å². The summed E-state index contributed by atoms with van der Waals surface area (Å²) in [5.41, 5.74) is 0.231. The summed E-state index contributed by atoms with van der Waals surface area (Å²) in [6.07, 6.45) is 2.77. The molecule has 0 fully saturated rings. The number of carboxylic acids is 1. The molecular formula is C9H10N6O3. The summed E-state index contributed by atoms with van der Waals surface area (Å²) in [5, 5.41) is 24.5. The number of aromatic amines is 1. The first-order valence-corrected chi connectivity index (χ1v) is 5.08. The Bertz CT molecular complexity index is 546. The molecule has 0 saturated heterocycles. The molecule has 9 nitrogen and oxygen atoms in total. The van der Waals surface area contributed by atoms with Crippen LogP contribution in [0.1, 0.15) is 21.0 Å². The van der Waals surface area contributed by atoms with E-state index in [1.807, 2.05) is 0 Å². The van der Waals surface area contributed by atoms with Gasteiger partial charge in [0.05, 0.1) is 12.7 Å².